The second-order valence-corrected chi connectivity index (χ2v) is 7.44. The first-order chi connectivity index (χ1) is 12.6. The Bertz CT molecular complexity index is 837. The Morgan fingerprint density at radius 3 is 2.81 bits per heavy atom. The average molecular weight is 367 g/mol. The molecule has 134 valence electrons. The molecule has 26 heavy (non-hydrogen) atoms. The molecule has 0 spiro atoms. The Kier molecular flexibility index (Phi) is 5.43. The molecule has 2 aromatic rings. The summed E-state index contributed by atoms with van der Waals surface area (Å²) in [4.78, 5) is 12.3. The van der Waals surface area contributed by atoms with E-state index in [2.05, 4.69) is 28.2 Å². The van der Waals surface area contributed by atoms with Gasteiger partial charge in [-0.2, -0.15) is 5.26 Å². The zero-order valence-electron chi connectivity index (χ0n) is 14.7. The summed E-state index contributed by atoms with van der Waals surface area (Å²) in [5, 5.41) is 21.4. The van der Waals surface area contributed by atoms with Crippen molar-refractivity contribution in [3.8, 4) is 17.5 Å². The molecule has 1 aliphatic rings. The van der Waals surface area contributed by atoms with Crippen molar-refractivity contribution >= 4 is 17.7 Å². The second-order valence-electron chi connectivity index (χ2n) is 6.50. The van der Waals surface area contributed by atoms with Gasteiger partial charge in [-0.1, -0.05) is 48.2 Å². The van der Waals surface area contributed by atoms with Crippen LogP contribution in [0.1, 0.15) is 19.8 Å². The monoisotopic (exact) mass is 367 g/mol. The minimum atomic E-state index is -0.776. The fourth-order valence-corrected chi connectivity index (χ4v) is 3.58. The van der Waals surface area contributed by atoms with Gasteiger partial charge in [-0.15, -0.1) is 16.8 Å². The van der Waals surface area contributed by atoms with Crippen molar-refractivity contribution in [3.63, 3.8) is 0 Å². The maximum Gasteiger partial charge on any atom is 0.231 e. The highest BCUT2D eigenvalue weighted by molar-refractivity contribution is 7.99. The Morgan fingerprint density at radius 1 is 1.46 bits per heavy atom. The molecule has 3 rings (SSSR count). The molecule has 1 aliphatic carbocycles. The molecule has 0 radical (unpaired) electrons. The number of rotatable bonds is 8. The van der Waals surface area contributed by atoms with E-state index in [1.54, 1.807) is 13.0 Å². The van der Waals surface area contributed by atoms with E-state index in [-0.39, 0.29) is 17.6 Å². The van der Waals surface area contributed by atoms with Crippen molar-refractivity contribution in [1.29, 1.82) is 5.26 Å². The highest BCUT2D eigenvalue weighted by Crippen LogP contribution is 2.39. The van der Waals surface area contributed by atoms with Crippen LogP contribution >= 0.6 is 11.8 Å². The Hall–Kier alpha value is -2.59. The van der Waals surface area contributed by atoms with E-state index >= 15 is 0 Å². The Morgan fingerprint density at radius 2 is 2.19 bits per heavy atom. The number of nitrogens with zero attached hydrogens (tertiary/aromatic N) is 4. The molecule has 1 amide bonds. The first-order valence-electron chi connectivity index (χ1n) is 8.52. The van der Waals surface area contributed by atoms with Crippen LogP contribution in [0.15, 0.2) is 48.1 Å². The second kappa shape index (κ2) is 7.75. The summed E-state index contributed by atoms with van der Waals surface area (Å²) in [6.45, 7) is 6.14. The van der Waals surface area contributed by atoms with Crippen LogP contribution in [0.5, 0.6) is 0 Å². The molecule has 1 heterocycles. The molecule has 0 aliphatic heterocycles. The van der Waals surface area contributed by atoms with Gasteiger partial charge in [0.2, 0.25) is 5.91 Å². The number of aromatic nitrogens is 3. The van der Waals surface area contributed by atoms with E-state index in [0.29, 0.717) is 11.7 Å². The van der Waals surface area contributed by atoms with E-state index in [9.17, 15) is 10.1 Å². The van der Waals surface area contributed by atoms with Crippen molar-refractivity contribution in [1.82, 2.24) is 20.1 Å². The molecular weight excluding hydrogens is 346 g/mol. The first kappa shape index (κ1) is 18.2. The zero-order chi connectivity index (χ0) is 18.6. The van der Waals surface area contributed by atoms with Gasteiger partial charge in [0.25, 0.3) is 0 Å². The molecule has 6 nitrogen and oxygen atoms in total. The van der Waals surface area contributed by atoms with Crippen LogP contribution in [-0.2, 0) is 11.3 Å². The molecule has 1 fully saturated rings. The maximum absolute atomic E-state index is 12.3. The number of thioether (sulfide) groups is 1. The van der Waals surface area contributed by atoms with E-state index < -0.39 is 5.54 Å². The van der Waals surface area contributed by atoms with Gasteiger partial charge < -0.3 is 5.32 Å². The summed E-state index contributed by atoms with van der Waals surface area (Å²) in [7, 11) is 0. The molecular formula is C19H21N5OS. The van der Waals surface area contributed by atoms with Gasteiger partial charge in [0.15, 0.2) is 11.0 Å². The predicted octanol–water partition coefficient (Wildman–Crippen LogP) is 3.03. The molecule has 1 aromatic carbocycles. The third kappa shape index (κ3) is 3.97. The molecule has 1 atom stereocenters. The molecule has 1 N–H and O–H groups in total. The fraction of sp³-hybridized carbons (Fsp3) is 0.368. The van der Waals surface area contributed by atoms with Gasteiger partial charge in [0.1, 0.15) is 5.54 Å². The standard InChI is InChI=1S/C19H21N5OS/c1-3-11-24-17(14-7-5-4-6-8-14)22-23-18(24)26-12-16(25)21-19(2,13-20)15-9-10-15/h3-8,15H,1,9-12H2,2H3,(H,21,25). The largest absolute Gasteiger partial charge is 0.337 e. The summed E-state index contributed by atoms with van der Waals surface area (Å²) in [5.74, 6) is 1.03. The smallest absolute Gasteiger partial charge is 0.231 e. The van der Waals surface area contributed by atoms with Crippen LogP contribution in [-0.4, -0.2) is 32.0 Å². The number of carbonyl (C=O) groups is 1. The zero-order valence-corrected chi connectivity index (χ0v) is 15.5. The minimum absolute atomic E-state index is 0.166. The average Bonchev–Trinajstić information content (AvgIpc) is 3.44. The lowest BCUT2D eigenvalue weighted by Gasteiger charge is -2.22. The molecule has 7 heteroatoms. The van der Waals surface area contributed by atoms with Crippen LogP contribution in [0.3, 0.4) is 0 Å². The van der Waals surface area contributed by atoms with Crippen LogP contribution in [0.2, 0.25) is 0 Å². The Labute approximate surface area is 157 Å². The van der Waals surface area contributed by atoms with Crippen molar-refractivity contribution in [2.75, 3.05) is 5.75 Å². The number of hydrogen-bond donors (Lipinski definition) is 1. The quantitative estimate of drug-likeness (QED) is 0.573. The lowest BCUT2D eigenvalue weighted by molar-refractivity contribution is -0.119. The molecule has 1 unspecified atom stereocenters. The van der Waals surface area contributed by atoms with Gasteiger partial charge in [-0.3, -0.25) is 9.36 Å². The number of hydrogen-bond acceptors (Lipinski definition) is 5. The summed E-state index contributed by atoms with van der Waals surface area (Å²) in [6.07, 6.45) is 3.76. The van der Waals surface area contributed by atoms with E-state index in [1.165, 1.54) is 11.8 Å². The molecule has 1 aromatic heterocycles. The highest BCUT2D eigenvalue weighted by atomic mass is 32.2. The fourth-order valence-electron chi connectivity index (χ4n) is 2.83. The van der Waals surface area contributed by atoms with Crippen LogP contribution < -0.4 is 5.32 Å². The number of benzene rings is 1. The number of nitriles is 1. The third-order valence-corrected chi connectivity index (χ3v) is 5.38. The number of amides is 1. The number of nitrogens with one attached hydrogen (secondary N) is 1. The predicted molar refractivity (Wildman–Crippen MR) is 101 cm³/mol. The van der Waals surface area contributed by atoms with Crippen LogP contribution in [0.4, 0.5) is 0 Å². The summed E-state index contributed by atoms with van der Waals surface area (Å²) >= 11 is 1.31. The minimum Gasteiger partial charge on any atom is -0.337 e. The molecule has 1 saturated carbocycles. The lowest BCUT2D eigenvalue weighted by atomic mass is 9.98. The van der Waals surface area contributed by atoms with E-state index in [1.807, 2.05) is 34.9 Å². The van der Waals surface area contributed by atoms with Gasteiger partial charge >= 0.3 is 0 Å². The van der Waals surface area contributed by atoms with Gasteiger partial charge in [0, 0.05) is 12.1 Å². The molecule has 0 saturated heterocycles. The van der Waals surface area contributed by atoms with E-state index in [4.69, 9.17) is 0 Å². The van der Waals surface area contributed by atoms with Crippen molar-refractivity contribution in [2.45, 2.75) is 37.0 Å². The summed E-state index contributed by atoms with van der Waals surface area (Å²) < 4.78 is 1.94. The molecule has 0 bridgehead atoms. The van der Waals surface area contributed by atoms with Gasteiger partial charge in [-0.25, -0.2) is 0 Å². The van der Waals surface area contributed by atoms with Crippen LogP contribution in [0, 0.1) is 17.2 Å². The van der Waals surface area contributed by atoms with Gasteiger partial charge in [0.05, 0.1) is 11.8 Å². The highest BCUT2D eigenvalue weighted by Gasteiger charge is 2.42. The number of carbonyl (C=O) groups excluding carboxylic acids is 1. The number of allylic oxidation sites excluding steroid dienone is 1. The van der Waals surface area contributed by atoms with Gasteiger partial charge in [-0.05, 0) is 25.7 Å². The summed E-state index contributed by atoms with van der Waals surface area (Å²) in [6, 6.07) is 12.0. The van der Waals surface area contributed by atoms with E-state index in [0.717, 1.165) is 24.2 Å². The summed E-state index contributed by atoms with van der Waals surface area (Å²) in [5.41, 5.74) is 0.186. The van der Waals surface area contributed by atoms with Crippen LogP contribution in [0.25, 0.3) is 11.4 Å². The SMILES string of the molecule is C=CCn1c(SCC(=O)NC(C)(C#N)C2CC2)nnc1-c1ccccc1. The normalized spacial score (nSPS) is 15.7. The third-order valence-electron chi connectivity index (χ3n) is 4.42. The van der Waals surface area contributed by atoms with Crippen molar-refractivity contribution < 1.29 is 4.79 Å². The van der Waals surface area contributed by atoms with Crippen molar-refractivity contribution in [3.05, 3.63) is 43.0 Å². The lowest BCUT2D eigenvalue weighted by Crippen LogP contribution is -2.47. The topological polar surface area (TPSA) is 83.6 Å². The maximum atomic E-state index is 12.3. The first-order valence-corrected chi connectivity index (χ1v) is 9.50. The van der Waals surface area contributed by atoms with Crippen molar-refractivity contribution in [2.24, 2.45) is 5.92 Å². The Balaban J connectivity index is 1.70.